The number of amides is 1. The van der Waals surface area contributed by atoms with Gasteiger partial charge in [0, 0.05) is 24.6 Å². The van der Waals surface area contributed by atoms with E-state index in [0.717, 1.165) is 18.6 Å². The lowest BCUT2D eigenvalue weighted by atomic mass is 9.98. The first-order valence-corrected chi connectivity index (χ1v) is 6.07. The van der Waals surface area contributed by atoms with Gasteiger partial charge in [-0.25, -0.2) is 0 Å². The van der Waals surface area contributed by atoms with Gasteiger partial charge in [-0.1, -0.05) is 0 Å². The van der Waals surface area contributed by atoms with Gasteiger partial charge in [0.15, 0.2) is 0 Å². The van der Waals surface area contributed by atoms with Crippen LogP contribution in [-0.4, -0.2) is 31.0 Å². The standard InChI is InChI=1S/C14H16N2O2/c1-18-13-4-2-12(3-5-13)14(17)16-8-6-11(10-15)7-9-16/h2-5,11H,6-9H2,1H3. The zero-order chi connectivity index (χ0) is 13.0. The summed E-state index contributed by atoms with van der Waals surface area (Å²) in [5.41, 5.74) is 0.672. The van der Waals surface area contributed by atoms with Gasteiger partial charge < -0.3 is 9.64 Å². The van der Waals surface area contributed by atoms with Crippen LogP contribution in [0.4, 0.5) is 0 Å². The van der Waals surface area contributed by atoms with Crippen molar-refractivity contribution in [1.29, 1.82) is 5.26 Å². The molecule has 2 rings (SSSR count). The summed E-state index contributed by atoms with van der Waals surface area (Å²) in [7, 11) is 1.60. The van der Waals surface area contributed by atoms with Gasteiger partial charge in [-0.15, -0.1) is 0 Å². The molecule has 0 aliphatic carbocycles. The maximum atomic E-state index is 12.2. The Morgan fingerprint density at radius 2 is 1.94 bits per heavy atom. The Labute approximate surface area is 107 Å². The van der Waals surface area contributed by atoms with Gasteiger partial charge in [-0.3, -0.25) is 4.79 Å². The third-order valence-corrected chi connectivity index (χ3v) is 3.30. The van der Waals surface area contributed by atoms with E-state index in [1.165, 1.54) is 0 Å². The van der Waals surface area contributed by atoms with E-state index in [9.17, 15) is 4.79 Å². The monoisotopic (exact) mass is 244 g/mol. The Morgan fingerprint density at radius 3 is 2.44 bits per heavy atom. The molecule has 18 heavy (non-hydrogen) atoms. The first-order chi connectivity index (χ1) is 8.74. The van der Waals surface area contributed by atoms with Crippen molar-refractivity contribution in [2.24, 2.45) is 5.92 Å². The number of nitriles is 1. The fourth-order valence-corrected chi connectivity index (χ4v) is 2.13. The summed E-state index contributed by atoms with van der Waals surface area (Å²) in [6.45, 7) is 1.34. The SMILES string of the molecule is COc1ccc(C(=O)N2CCC(C#N)CC2)cc1. The number of benzene rings is 1. The second kappa shape index (κ2) is 5.54. The van der Waals surface area contributed by atoms with Crippen molar-refractivity contribution in [3.8, 4) is 11.8 Å². The third-order valence-electron chi connectivity index (χ3n) is 3.30. The smallest absolute Gasteiger partial charge is 0.253 e. The molecule has 0 spiro atoms. The molecule has 1 amide bonds. The predicted octanol–water partition coefficient (Wildman–Crippen LogP) is 2.07. The van der Waals surface area contributed by atoms with E-state index >= 15 is 0 Å². The van der Waals surface area contributed by atoms with Gasteiger partial charge >= 0.3 is 0 Å². The summed E-state index contributed by atoms with van der Waals surface area (Å²) in [5.74, 6) is 0.883. The Bertz CT molecular complexity index is 454. The second-order valence-corrected chi connectivity index (χ2v) is 4.42. The van der Waals surface area contributed by atoms with Crippen LogP contribution < -0.4 is 4.74 Å². The molecule has 0 saturated carbocycles. The summed E-state index contributed by atoms with van der Waals surface area (Å²) in [5, 5.41) is 8.82. The topological polar surface area (TPSA) is 53.3 Å². The van der Waals surface area contributed by atoms with E-state index in [-0.39, 0.29) is 11.8 Å². The molecule has 94 valence electrons. The van der Waals surface area contributed by atoms with Gasteiger partial charge in [-0.05, 0) is 37.1 Å². The van der Waals surface area contributed by atoms with Crippen molar-refractivity contribution < 1.29 is 9.53 Å². The third kappa shape index (κ3) is 2.62. The van der Waals surface area contributed by atoms with Crippen LogP contribution in [0.2, 0.25) is 0 Å². The van der Waals surface area contributed by atoms with E-state index in [1.807, 2.05) is 4.90 Å². The average Bonchev–Trinajstić information content (AvgIpc) is 2.47. The van der Waals surface area contributed by atoms with Gasteiger partial charge in [-0.2, -0.15) is 5.26 Å². The van der Waals surface area contributed by atoms with E-state index in [4.69, 9.17) is 10.00 Å². The zero-order valence-corrected chi connectivity index (χ0v) is 10.4. The molecule has 1 saturated heterocycles. The maximum absolute atomic E-state index is 12.2. The van der Waals surface area contributed by atoms with Crippen LogP contribution in [-0.2, 0) is 0 Å². The number of hydrogen-bond acceptors (Lipinski definition) is 3. The second-order valence-electron chi connectivity index (χ2n) is 4.42. The Kier molecular flexibility index (Phi) is 3.83. The number of likely N-dealkylation sites (tertiary alicyclic amines) is 1. The van der Waals surface area contributed by atoms with Crippen LogP contribution in [0.25, 0.3) is 0 Å². The number of hydrogen-bond donors (Lipinski definition) is 0. The molecule has 4 heteroatoms. The van der Waals surface area contributed by atoms with Gasteiger partial charge in [0.1, 0.15) is 5.75 Å². The van der Waals surface area contributed by atoms with Gasteiger partial charge in [0.05, 0.1) is 13.2 Å². The fourth-order valence-electron chi connectivity index (χ4n) is 2.13. The first-order valence-electron chi connectivity index (χ1n) is 6.07. The number of nitrogens with zero attached hydrogens (tertiary/aromatic N) is 2. The lowest BCUT2D eigenvalue weighted by molar-refractivity contribution is 0.0707. The summed E-state index contributed by atoms with van der Waals surface area (Å²) in [6.07, 6.45) is 1.55. The maximum Gasteiger partial charge on any atom is 0.253 e. The van der Waals surface area contributed by atoms with Crippen LogP contribution in [0.15, 0.2) is 24.3 Å². The van der Waals surface area contributed by atoms with Crippen molar-refractivity contribution in [1.82, 2.24) is 4.90 Å². The van der Waals surface area contributed by atoms with Crippen molar-refractivity contribution in [3.05, 3.63) is 29.8 Å². The Hall–Kier alpha value is -2.02. The molecule has 0 radical (unpaired) electrons. The summed E-state index contributed by atoms with van der Waals surface area (Å²) in [4.78, 5) is 14.0. The lowest BCUT2D eigenvalue weighted by Crippen LogP contribution is -2.38. The highest BCUT2D eigenvalue weighted by atomic mass is 16.5. The highest BCUT2D eigenvalue weighted by molar-refractivity contribution is 5.94. The number of carbonyl (C=O) groups is 1. The molecule has 1 aromatic carbocycles. The molecule has 1 aliphatic heterocycles. The van der Waals surface area contributed by atoms with Crippen LogP contribution >= 0.6 is 0 Å². The summed E-state index contributed by atoms with van der Waals surface area (Å²) >= 11 is 0. The van der Waals surface area contributed by atoms with Crippen LogP contribution in [0.5, 0.6) is 5.75 Å². The first kappa shape index (κ1) is 12.4. The number of methoxy groups -OCH3 is 1. The number of ether oxygens (including phenoxy) is 1. The number of carbonyl (C=O) groups excluding carboxylic acids is 1. The lowest BCUT2D eigenvalue weighted by Gasteiger charge is -2.29. The van der Waals surface area contributed by atoms with Gasteiger partial charge in [0.25, 0.3) is 5.91 Å². The van der Waals surface area contributed by atoms with E-state index < -0.39 is 0 Å². The number of piperidine rings is 1. The minimum atomic E-state index is 0.0362. The average molecular weight is 244 g/mol. The van der Waals surface area contributed by atoms with E-state index in [0.29, 0.717) is 18.7 Å². The largest absolute Gasteiger partial charge is 0.497 e. The minimum absolute atomic E-state index is 0.0362. The molecular weight excluding hydrogens is 228 g/mol. The van der Waals surface area contributed by atoms with Crippen LogP contribution in [0.1, 0.15) is 23.2 Å². The zero-order valence-electron chi connectivity index (χ0n) is 10.4. The predicted molar refractivity (Wildman–Crippen MR) is 67.2 cm³/mol. The molecule has 1 heterocycles. The molecular formula is C14H16N2O2. The molecule has 0 unspecified atom stereocenters. The van der Waals surface area contributed by atoms with E-state index in [1.54, 1.807) is 31.4 Å². The molecule has 0 atom stereocenters. The van der Waals surface area contributed by atoms with Crippen molar-refractivity contribution in [2.75, 3.05) is 20.2 Å². The summed E-state index contributed by atoms with van der Waals surface area (Å²) in [6, 6.07) is 9.39. The quantitative estimate of drug-likeness (QED) is 0.800. The molecule has 1 aromatic rings. The molecule has 0 aromatic heterocycles. The molecule has 0 bridgehead atoms. The molecule has 4 nitrogen and oxygen atoms in total. The normalized spacial score (nSPS) is 16.1. The molecule has 1 fully saturated rings. The Morgan fingerprint density at radius 1 is 1.33 bits per heavy atom. The van der Waals surface area contributed by atoms with Crippen molar-refractivity contribution in [2.45, 2.75) is 12.8 Å². The van der Waals surface area contributed by atoms with Crippen LogP contribution in [0, 0.1) is 17.2 Å². The Balaban J connectivity index is 2.01. The van der Waals surface area contributed by atoms with Crippen LogP contribution in [0.3, 0.4) is 0 Å². The molecule has 0 N–H and O–H groups in total. The van der Waals surface area contributed by atoms with Crippen molar-refractivity contribution >= 4 is 5.91 Å². The summed E-state index contributed by atoms with van der Waals surface area (Å²) < 4.78 is 5.06. The fraction of sp³-hybridized carbons (Fsp3) is 0.429. The highest BCUT2D eigenvalue weighted by Gasteiger charge is 2.23. The van der Waals surface area contributed by atoms with Crippen molar-refractivity contribution in [3.63, 3.8) is 0 Å². The number of rotatable bonds is 2. The molecule has 1 aliphatic rings. The highest BCUT2D eigenvalue weighted by Crippen LogP contribution is 2.19. The van der Waals surface area contributed by atoms with Gasteiger partial charge in [0.2, 0.25) is 0 Å². The minimum Gasteiger partial charge on any atom is -0.497 e. The van der Waals surface area contributed by atoms with E-state index in [2.05, 4.69) is 6.07 Å².